The molecule has 3 aromatic carbocycles. The number of benzene rings is 3. The second kappa shape index (κ2) is 8.95. The van der Waals surface area contributed by atoms with Gasteiger partial charge in [0, 0.05) is 72.0 Å². The van der Waals surface area contributed by atoms with E-state index in [1.165, 1.54) is 12.1 Å². The average molecular weight is 491 g/mol. The predicted octanol–water partition coefficient (Wildman–Crippen LogP) is 6.65. The van der Waals surface area contributed by atoms with Crippen molar-refractivity contribution in [3.8, 4) is 28.1 Å². The number of hydrogen-bond donors (Lipinski definition) is 2. The van der Waals surface area contributed by atoms with Crippen LogP contribution in [0.3, 0.4) is 0 Å². The zero-order valence-electron chi connectivity index (χ0n) is 20.2. The molecule has 3 aromatic heterocycles. The highest BCUT2D eigenvalue weighted by Gasteiger charge is 2.23. The third-order valence-electron chi connectivity index (χ3n) is 6.60. The molecule has 0 unspecified atom stereocenters. The van der Waals surface area contributed by atoms with Crippen LogP contribution in [0.15, 0.2) is 95.8 Å². The number of carbonyl (C=O) groups excluding carboxylic acids is 1. The second-order valence-corrected chi connectivity index (χ2v) is 8.70. The average Bonchev–Trinajstić information content (AvgIpc) is 3.53. The van der Waals surface area contributed by atoms with Gasteiger partial charge in [0.1, 0.15) is 17.2 Å². The minimum absolute atomic E-state index is 0.272. The van der Waals surface area contributed by atoms with Gasteiger partial charge in [-0.25, -0.2) is 4.39 Å². The van der Waals surface area contributed by atoms with Crippen molar-refractivity contribution < 1.29 is 13.6 Å². The van der Waals surface area contributed by atoms with E-state index in [4.69, 9.17) is 4.42 Å². The molecule has 0 atom stereocenters. The van der Waals surface area contributed by atoms with Crippen LogP contribution in [0.1, 0.15) is 10.4 Å². The topological polar surface area (TPSA) is 72.1 Å². The van der Waals surface area contributed by atoms with Crippen molar-refractivity contribution in [2.24, 2.45) is 0 Å². The minimum Gasteiger partial charge on any atom is -0.455 e. The summed E-state index contributed by atoms with van der Waals surface area (Å²) >= 11 is 0. The van der Waals surface area contributed by atoms with Crippen LogP contribution in [-0.4, -0.2) is 29.6 Å². The van der Waals surface area contributed by atoms with Crippen molar-refractivity contribution in [1.29, 1.82) is 0 Å². The maximum atomic E-state index is 13.6. The molecule has 6 nitrogen and oxygen atoms in total. The van der Waals surface area contributed by atoms with E-state index in [0.29, 0.717) is 27.9 Å². The number of halogens is 1. The summed E-state index contributed by atoms with van der Waals surface area (Å²) in [6.07, 6.45) is 5.60. The van der Waals surface area contributed by atoms with Gasteiger partial charge >= 0.3 is 0 Å². The zero-order valence-corrected chi connectivity index (χ0v) is 20.2. The van der Waals surface area contributed by atoms with Crippen molar-refractivity contribution in [3.63, 3.8) is 0 Å². The van der Waals surface area contributed by atoms with Crippen LogP contribution in [0, 0.1) is 5.82 Å². The van der Waals surface area contributed by atoms with Crippen LogP contribution in [0.25, 0.3) is 50.0 Å². The number of nitrogens with one attached hydrogen (secondary N) is 2. The summed E-state index contributed by atoms with van der Waals surface area (Å²) in [5.74, 6) is -0.223. The normalized spacial score (nSPS) is 11.2. The fraction of sp³-hybridized carbons (Fsp3) is 0.0667. The fourth-order valence-electron chi connectivity index (χ4n) is 4.78. The van der Waals surface area contributed by atoms with Gasteiger partial charge in [-0.3, -0.25) is 9.78 Å². The molecule has 1 amide bonds. The molecule has 7 heteroatoms. The van der Waals surface area contributed by atoms with Gasteiger partial charge in [-0.1, -0.05) is 6.07 Å². The smallest absolute Gasteiger partial charge is 0.255 e. The van der Waals surface area contributed by atoms with Gasteiger partial charge < -0.3 is 19.6 Å². The first-order valence-electron chi connectivity index (χ1n) is 11.9. The van der Waals surface area contributed by atoms with E-state index in [1.807, 2.05) is 37.5 Å². The second-order valence-electron chi connectivity index (χ2n) is 8.70. The summed E-state index contributed by atoms with van der Waals surface area (Å²) in [6, 6.07) is 22.1. The van der Waals surface area contributed by atoms with Crippen LogP contribution < -0.4 is 10.6 Å². The van der Waals surface area contributed by atoms with Crippen LogP contribution in [-0.2, 0) is 0 Å². The molecule has 0 radical (unpaired) electrons. The predicted molar refractivity (Wildman–Crippen MR) is 145 cm³/mol. The Labute approximate surface area is 212 Å². The lowest BCUT2D eigenvalue weighted by atomic mass is 9.97. The molecule has 0 aliphatic rings. The molecule has 0 aliphatic heterocycles. The molecule has 6 aromatic rings. The Morgan fingerprint density at radius 2 is 1.68 bits per heavy atom. The van der Waals surface area contributed by atoms with Gasteiger partial charge in [0.25, 0.3) is 5.91 Å². The molecule has 0 aliphatic carbocycles. The molecule has 2 N–H and O–H groups in total. The SMILES string of the molecule is CNC(=O)c1c(-c2ccc(F)cc2)oc2cc(NC)c(-c3ccc4c(ccn4-c4ccncc4)c3)cc12. The van der Waals surface area contributed by atoms with Gasteiger partial charge in [0.05, 0.1) is 11.1 Å². The van der Waals surface area contributed by atoms with Gasteiger partial charge in [-0.05, 0) is 66.2 Å². The summed E-state index contributed by atoms with van der Waals surface area (Å²) in [5, 5.41) is 7.75. The van der Waals surface area contributed by atoms with E-state index in [1.54, 1.807) is 31.6 Å². The lowest BCUT2D eigenvalue weighted by Gasteiger charge is -2.11. The van der Waals surface area contributed by atoms with E-state index in [-0.39, 0.29) is 11.7 Å². The molecular weight excluding hydrogens is 467 g/mol. The number of amides is 1. The van der Waals surface area contributed by atoms with Gasteiger partial charge in [-0.15, -0.1) is 0 Å². The molecule has 182 valence electrons. The summed E-state index contributed by atoms with van der Waals surface area (Å²) < 4.78 is 21.9. The molecule has 0 saturated heterocycles. The number of rotatable bonds is 5. The number of fused-ring (bicyclic) bond motifs is 2. The van der Waals surface area contributed by atoms with E-state index < -0.39 is 0 Å². The summed E-state index contributed by atoms with van der Waals surface area (Å²) in [6.45, 7) is 0. The first-order chi connectivity index (χ1) is 18.1. The van der Waals surface area contributed by atoms with Crippen LogP contribution in [0.2, 0.25) is 0 Å². The van der Waals surface area contributed by atoms with Crippen LogP contribution in [0.5, 0.6) is 0 Å². The standard InChI is InChI=1S/C30H23FN4O2/c1-32-25-17-27-24(28(30(36)33-2)29(37-27)18-3-6-21(31)7-4-18)16-23(25)19-5-8-26-20(15-19)11-14-35(26)22-9-12-34-13-10-22/h3-17,32H,1-2H3,(H,33,36). The van der Waals surface area contributed by atoms with Crippen molar-refractivity contribution in [2.45, 2.75) is 0 Å². The number of anilines is 1. The number of hydrogen-bond acceptors (Lipinski definition) is 4. The highest BCUT2D eigenvalue weighted by Crippen LogP contribution is 2.40. The largest absolute Gasteiger partial charge is 0.455 e. The summed E-state index contributed by atoms with van der Waals surface area (Å²) in [4.78, 5) is 17.1. The lowest BCUT2D eigenvalue weighted by Crippen LogP contribution is -2.18. The lowest BCUT2D eigenvalue weighted by molar-refractivity contribution is 0.0964. The summed E-state index contributed by atoms with van der Waals surface area (Å²) in [5.41, 5.74) is 6.52. The third-order valence-corrected chi connectivity index (χ3v) is 6.60. The van der Waals surface area contributed by atoms with Gasteiger partial charge in [-0.2, -0.15) is 0 Å². The van der Waals surface area contributed by atoms with Crippen molar-refractivity contribution in [3.05, 3.63) is 103 Å². The van der Waals surface area contributed by atoms with E-state index in [2.05, 4.69) is 44.5 Å². The molecule has 0 saturated carbocycles. The molecule has 0 fully saturated rings. The van der Waals surface area contributed by atoms with Crippen LogP contribution >= 0.6 is 0 Å². The van der Waals surface area contributed by atoms with Crippen molar-refractivity contribution in [1.82, 2.24) is 14.9 Å². The Kier molecular flexibility index (Phi) is 5.45. The number of furan rings is 1. The van der Waals surface area contributed by atoms with Crippen molar-refractivity contribution in [2.75, 3.05) is 19.4 Å². The van der Waals surface area contributed by atoms with E-state index in [9.17, 15) is 9.18 Å². The third kappa shape index (κ3) is 3.81. The zero-order chi connectivity index (χ0) is 25.5. The Morgan fingerprint density at radius 1 is 0.919 bits per heavy atom. The number of carbonyl (C=O) groups is 1. The molecule has 6 rings (SSSR count). The molecule has 37 heavy (non-hydrogen) atoms. The maximum absolute atomic E-state index is 13.6. The van der Waals surface area contributed by atoms with Crippen LogP contribution in [0.4, 0.5) is 10.1 Å². The highest BCUT2D eigenvalue weighted by atomic mass is 19.1. The molecule has 3 heterocycles. The van der Waals surface area contributed by atoms with E-state index >= 15 is 0 Å². The highest BCUT2D eigenvalue weighted by molar-refractivity contribution is 6.13. The molecular formula is C30H23FN4O2. The Bertz CT molecular complexity index is 1770. The Balaban J connectivity index is 1.53. The first-order valence-corrected chi connectivity index (χ1v) is 11.9. The number of aromatic nitrogens is 2. The monoisotopic (exact) mass is 490 g/mol. The molecule has 0 bridgehead atoms. The quantitative estimate of drug-likeness (QED) is 0.284. The number of nitrogens with zero attached hydrogens (tertiary/aromatic N) is 2. The Morgan fingerprint density at radius 3 is 2.41 bits per heavy atom. The van der Waals surface area contributed by atoms with E-state index in [0.717, 1.165) is 33.4 Å². The maximum Gasteiger partial charge on any atom is 0.255 e. The Hall–Kier alpha value is -4.91. The van der Waals surface area contributed by atoms with Gasteiger partial charge in [0.2, 0.25) is 0 Å². The molecule has 0 spiro atoms. The van der Waals surface area contributed by atoms with Crippen molar-refractivity contribution >= 4 is 33.5 Å². The first kappa shape index (κ1) is 22.5. The minimum atomic E-state index is -0.353. The summed E-state index contributed by atoms with van der Waals surface area (Å²) in [7, 11) is 3.44. The fourth-order valence-corrected chi connectivity index (χ4v) is 4.78. The van der Waals surface area contributed by atoms with Gasteiger partial charge in [0.15, 0.2) is 0 Å². The number of pyridine rings is 1.